The Bertz CT molecular complexity index is 994. The number of nitrogens with zero attached hydrogens (tertiary/aromatic N) is 4. The van der Waals surface area contributed by atoms with Crippen molar-refractivity contribution in [3.8, 4) is 0 Å². The van der Waals surface area contributed by atoms with Crippen LogP contribution in [0.15, 0.2) is 30.6 Å². The second kappa shape index (κ2) is 9.30. The predicted molar refractivity (Wildman–Crippen MR) is 119 cm³/mol. The van der Waals surface area contributed by atoms with Crippen LogP contribution in [-0.4, -0.2) is 69.8 Å². The maximum absolute atomic E-state index is 13.3. The molecule has 0 spiro atoms. The van der Waals surface area contributed by atoms with Crippen LogP contribution in [0.25, 0.3) is 0 Å². The lowest BCUT2D eigenvalue weighted by Crippen LogP contribution is -2.51. The van der Waals surface area contributed by atoms with Crippen molar-refractivity contribution in [2.75, 3.05) is 37.6 Å². The van der Waals surface area contributed by atoms with E-state index < -0.39 is 18.1 Å². The lowest BCUT2D eigenvalue weighted by Gasteiger charge is -2.38. The fourth-order valence-corrected chi connectivity index (χ4v) is 4.67. The summed E-state index contributed by atoms with van der Waals surface area (Å²) in [5.74, 6) is 0.242. The zero-order chi connectivity index (χ0) is 22.8. The van der Waals surface area contributed by atoms with Gasteiger partial charge in [0.1, 0.15) is 12.1 Å². The Balaban J connectivity index is 1.47. The zero-order valence-electron chi connectivity index (χ0n) is 17.7. The molecule has 2 amide bonds. The van der Waals surface area contributed by atoms with Crippen molar-refractivity contribution in [1.29, 1.82) is 0 Å². The number of carbonyl (C=O) groups is 2. The first kappa shape index (κ1) is 22.3. The van der Waals surface area contributed by atoms with E-state index in [1.807, 2.05) is 0 Å². The molecular weight excluding hydrogens is 434 g/mol. The maximum atomic E-state index is 13.3. The van der Waals surface area contributed by atoms with E-state index in [-0.39, 0.29) is 18.4 Å². The SMILES string of the molecule is C[C@@H]1C[C@@H](O)c2ncnc(N3CCN(C(=O)[C@@H](CNC(=O)O)c4ccc(Cl)cc4)CC3)c21. The third kappa shape index (κ3) is 4.49. The highest BCUT2D eigenvalue weighted by molar-refractivity contribution is 6.30. The van der Waals surface area contributed by atoms with Crippen LogP contribution in [0.2, 0.25) is 5.02 Å². The molecule has 0 bridgehead atoms. The molecule has 3 atom stereocenters. The number of anilines is 1. The van der Waals surface area contributed by atoms with Crippen molar-refractivity contribution in [2.45, 2.75) is 31.3 Å². The van der Waals surface area contributed by atoms with Crippen molar-refractivity contribution >= 4 is 29.4 Å². The highest BCUT2D eigenvalue weighted by Gasteiger charge is 2.35. The topological polar surface area (TPSA) is 119 Å². The average Bonchev–Trinajstić information content (AvgIpc) is 3.08. The van der Waals surface area contributed by atoms with Gasteiger partial charge in [-0.3, -0.25) is 4.79 Å². The Morgan fingerprint density at radius 3 is 2.53 bits per heavy atom. The number of rotatable bonds is 5. The molecule has 1 aromatic heterocycles. The number of benzene rings is 1. The summed E-state index contributed by atoms with van der Waals surface area (Å²) in [6.07, 6.45) is 0.391. The fourth-order valence-electron chi connectivity index (χ4n) is 4.55. The van der Waals surface area contributed by atoms with E-state index in [2.05, 4.69) is 27.1 Å². The first-order valence-electron chi connectivity index (χ1n) is 10.6. The van der Waals surface area contributed by atoms with Crippen LogP contribution in [0.5, 0.6) is 0 Å². The largest absolute Gasteiger partial charge is 0.465 e. The smallest absolute Gasteiger partial charge is 0.404 e. The number of piperazine rings is 1. The van der Waals surface area contributed by atoms with E-state index in [1.54, 1.807) is 29.2 Å². The Morgan fingerprint density at radius 2 is 1.88 bits per heavy atom. The molecule has 2 aromatic rings. The number of hydrogen-bond acceptors (Lipinski definition) is 6. The molecule has 1 aliphatic carbocycles. The molecule has 2 heterocycles. The molecule has 10 heteroatoms. The van der Waals surface area contributed by atoms with Gasteiger partial charge in [-0.15, -0.1) is 0 Å². The second-order valence-electron chi connectivity index (χ2n) is 8.25. The van der Waals surface area contributed by atoms with Crippen molar-refractivity contribution in [3.63, 3.8) is 0 Å². The van der Waals surface area contributed by atoms with E-state index in [1.165, 1.54) is 6.33 Å². The molecular formula is C22H26ClN5O4. The Kier molecular flexibility index (Phi) is 6.48. The van der Waals surface area contributed by atoms with Crippen molar-refractivity contribution < 1.29 is 19.8 Å². The van der Waals surface area contributed by atoms with Crippen LogP contribution in [0.4, 0.5) is 10.6 Å². The number of aliphatic hydroxyl groups excluding tert-OH is 1. The molecule has 2 aliphatic rings. The van der Waals surface area contributed by atoms with Crippen molar-refractivity contribution in [1.82, 2.24) is 20.2 Å². The number of halogens is 1. The summed E-state index contributed by atoms with van der Waals surface area (Å²) in [6, 6.07) is 6.89. The van der Waals surface area contributed by atoms with E-state index in [0.717, 1.165) is 11.4 Å². The fraction of sp³-hybridized carbons (Fsp3) is 0.455. The molecule has 0 unspecified atom stereocenters. The van der Waals surface area contributed by atoms with Crippen LogP contribution in [0.3, 0.4) is 0 Å². The van der Waals surface area contributed by atoms with Crippen molar-refractivity contribution in [3.05, 3.63) is 52.4 Å². The molecule has 1 saturated heterocycles. The van der Waals surface area contributed by atoms with Gasteiger partial charge in [-0.05, 0) is 30.0 Å². The summed E-state index contributed by atoms with van der Waals surface area (Å²) in [7, 11) is 0. The molecule has 0 radical (unpaired) electrons. The number of aromatic nitrogens is 2. The predicted octanol–water partition coefficient (Wildman–Crippen LogP) is 2.37. The number of amides is 2. The third-order valence-corrected chi connectivity index (χ3v) is 6.45. The number of fused-ring (bicyclic) bond motifs is 1. The van der Waals surface area contributed by atoms with Gasteiger partial charge in [-0.25, -0.2) is 14.8 Å². The van der Waals surface area contributed by atoms with Crippen LogP contribution < -0.4 is 10.2 Å². The standard InChI is InChI=1S/C22H26ClN5O4/c1-13-10-17(29)19-18(13)20(26-12-25-19)27-6-8-28(9-7-27)21(30)16(11-24-22(31)32)14-2-4-15(23)5-3-14/h2-5,12-13,16-17,24,29H,6-11H2,1H3,(H,31,32)/t13-,16+,17-/m1/s1. The van der Waals surface area contributed by atoms with Gasteiger partial charge < -0.3 is 25.3 Å². The summed E-state index contributed by atoms with van der Waals surface area (Å²) in [5.41, 5.74) is 2.40. The summed E-state index contributed by atoms with van der Waals surface area (Å²) in [4.78, 5) is 37.0. The summed E-state index contributed by atoms with van der Waals surface area (Å²) >= 11 is 5.97. The monoisotopic (exact) mass is 459 g/mol. The van der Waals surface area contributed by atoms with Gasteiger partial charge in [-0.2, -0.15) is 0 Å². The Labute approximate surface area is 191 Å². The van der Waals surface area contributed by atoms with Gasteiger partial charge in [0.25, 0.3) is 0 Å². The third-order valence-electron chi connectivity index (χ3n) is 6.20. The van der Waals surface area contributed by atoms with Gasteiger partial charge in [0.2, 0.25) is 5.91 Å². The van der Waals surface area contributed by atoms with Gasteiger partial charge >= 0.3 is 6.09 Å². The molecule has 32 heavy (non-hydrogen) atoms. The Morgan fingerprint density at radius 1 is 1.19 bits per heavy atom. The first-order valence-corrected chi connectivity index (χ1v) is 11.0. The quantitative estimate of drug-likeness (QED) is 0.628. The van der Waals surface area contributed by atoms with E-state index in [0.29, 0.717) is 48.9 Å². The van der Waals surface area contributed by atoms with Gasteiger partial charge in [-0.1, -0.05) is 30.7 Å². The average molecular weight is 460 g/mol. The van der Waals surface area contributed by atoms with E-state index in [9.17, 15) is 14.7 Å². The van der Waals surface area contributed by atoms with Crippen LogP contribution >= 0.6 is 11.6 Å². The van der Waals surface area contributed by atoms with E-state index in [4.69, 9.17) is 16.7 Å². The van der Waals surface area contributed by atoms with Crippen LogP contribution in [-0.2, 0) is 4.79 Å². The summed E-state index contributed by atoms with van der Waals surface area (Å²) in [6.45, 7) is 4.23. The van der Waals surface area contributed by atoms with Gasteiger partial charge in [0, 0.05) is 43.3 Å². The molecule has 1 aromatic carbocycles. The lowest BCUT2D eigenvalue weighted by atomic mass is 9.97. The summed E-state index contributed by atoms with van der Waals surface area (Å²) < 4.78 is 0. The maximum Gasteiger partial charge on any atom is 0.404 e. The molecule has 0 saturated carbocycles. The minimum atomic E-state index is -1.17. The minimum absolute atomic E-state index is 0.00909. The molecule has 9 nitrogen and oxygen atoms in total. The number of hydrogen-bond donors (Lipinski definition) is 3. The van der Waals surface area contributed by atoms with Crippen LogP contribution in [0.1, 0.15) is 48.1 Å². The molecule has 4 rings (SSSR count). The van der Waals surface area contributed by atoms with Gasteiger partial charge in [0.05, 0.1) is 17.7 Å². The number of carboxylic acid groups (broad SMARTS) is 1. The normalized spacial score (nSPS) is 21.2. The highest BCUT2D eigenvalue weighted by Crippen LogP contribution is 2.42. The lowest BCUT2D eigenvalue weighted by molar-refractivity contribution is -0.133. The molecule has 170 valence electrons. The number of carbonyl (C=O) groups excluding carboxylic acids is 1. The van der Waals surface area contributed by atoms with Crippen molar-refractivity contribution in [2.24, 2.45) is 0 Å². The molecule has 1 aliphatic heterocycles. The minimum Gasteiger partial charge on any atom is -0.465 e. The zero-order valence-corrected chi connectivity index (χ0v) is 18.5. The highest BCUT2D eigenvalue weighted by atomic mass is 35.5. The second-order valence-corrected chi connectivity index (χ2v) is 8.69. The number of nitrogens with one attached hydrogen (secondary N) is 1. The molecule has 1 fully saturated rings. The Hall–Kier alpha value is -2.91. The summed E-state index contributed by atoms with van der Waals surface area (Å²) in [5, 5.41) is 22.2. The van der Waals surface area contributed by atoms with E-state index >= 15 is 0 Å². The first-order chi connectivity index (χ1) is 15.3. The van der Waals surface area contributed by atoms with Gasteiger partial charge in [0.15, 0.2) is 0 Å². The molecule has 3 N–H and O–H groups in total. The van der Waals surface area contributed by atoms with Crippen LogP contribution in [0, 0.1) is 0 Å². The number of aliphatic hydroxyl groups is 1.